The number of non-ortho nitro benzene ring substituents is 1. The summed E-state index contributed by atoms with van der Waals surface area (Å²) < 4.78 is 2.03. The van der Waals surface area contributed by atoms with Crippen molar-refractivity contribution in [3.8, 4) is 0 Å². The highest BCUT2D eigenvalue weighted by molar-refractivity contribution is 5.89. The predicted molar refractivity (Wildman–Crippen MR) is 86.2 cm³/mol. The van der Waals surface area contributed by atoms with Crippen molar-refractivity contribution in [1.82, 2.24) is 9.47 Å². The van der Waals surface area contributed by atoms with E-state index in [2.05, 4.69) is 5.32 Å². The summed E-state index contributed by atoms with van der Waals surface area (Å²) in [6, 6.07) is 9.74. The maximum Gasteiger partial charge on any atom is 0.322 e. The molecule has 0 bridgehead atoms. The number of hydrogen-bond acceptors (Lipinski definition) is 3. The molecule has 1 fully saturated rings. The number of aryl methyl sites for hydroxylation is 1. The van der Waals surface area contributed by atoms with E-state index >= 15 is 0 Å². The largest absolute Gasteiger partial charge is 0.353 e. The zero-order valence-corrected chi connectivity index (χ0v) is 12.8. The molecule has 23 heavy (non-hydrogen) atoms. The van der Waals surface area contributed by atoms with Gasteiger partial charge in [0.1, 0.15) is 0 Å². The van der Waals surface area contributed by atoms with Gasteiger partial charge in [-0.15, -0.1) is 0 Å². The topological polar surface area (TPSA) is 80.4 Å². The first-order valence-corrected chi connectivity index (χ1v) is 7.49. The third kappa shape index (κ3) is 3.03. The Bertz CT molecular complexity index is 723. The molecule has 1 aromatic heterocycles. The lowest BCUT2D eigenvalue weighted by atomic mass is 10.1. The van der Waals surface area contributed by atoms with Gasteiger partial charge in [0.05, 0.1) is 11.0 Å². The summed E-state index contributed by atoms with van der Waals surface area (Å²) in [7, 11) is 1.97. The zero-order chi connectivity index (χ0) is 16.4. The number of amides is 2. The molecule has 7 heteroatoms. The molecule has 0 spiro atoms. The van der Waals surface area contributed by atoms with Crippen LogP contribution in [0.25, 0.3) is 0 Å². The minimum absolute atomic E-state index is 0.00542. The first-order valence-electron chi connectivity index (χ1n) is 7.49. The Morgan fingerprint density at radius 2 is 2.04 bits per heavy atom. The van der Waals surface area contributed by atoms with Crippen molar-refractivity contribution in [1.29, 1.82) is 0 Å². The van der Waals surface area contributed by atoms with E-state index in [4.69, 9.17) is 0 Å². The van der Waals surface area contributed by atoms with Gasteiger partial charge >= 0.3 is 6.03 Å². The molecule has 1 saturated heterocycles. The van der Waals surface area contributed by atoms with Gasteiger partial charge in [0.25, 0.3) is 5.69 Å². The van der Waals surface area contributed by atoms with Gasteiger partial charge in [-0.3, -0.25) is 10.1 Å². The minimum Gasteiger partial charge on any atom is -0.353 e. The molecule has 0 aliphatic carbocycles. The molecule has 1 N–H and O–H groups in total. The normalized spacial score (nSPS) is 17.3. The molecule has 0 saturated carbocycles. The van der Waals surface area contributed by atoms with Gasteiger partial charge in [0.2, 0.25) is 0 Å². The maximum atomic E-state index is 12.5. The highest BCUT2D eigenvalue weighted by Crippen LogP contribution is 2.32. The third-order valence-corrected chi connectivity index (χ3v) is 4.17. The number of nitro benzene ring substituents is 1. The van der Waals surface area contributed by atoms with Gasteiger partial charge in [-0.25, -0.2) is 4.79 Å². The Kier molecular flexibility index (Phi) is 4.01. The van der Waals surface area contributed by atoms with Crippen molar-refractivity contribution in [2.24, 2.45) is 7.05 Å². The molecule has 1 atom stereocenters. The van der Waals surface area contributed by atoms with E-state index in [1.165, 1.54) is 12.1 Å². The highest BCUT2D eigenvalue weighted by Gasteiger charge is 2.31. The number of carbonyl (C=O) groups is 1. The van der Waals surface area contributed by atoms with Crippen LogP contribution in [0.4, 0.5) is 16.2 Å². The Morgan fingerprint density at radius 3 is 2.65 bits per heavy atom. The molecule has 0 radical (unpaired) electrons. The standard InChI is InChI=1S/C16H18N4O3/c1-18-10-2-4-14(18)15-5-3-11-19(15)16(21)17-12-6-8-13(9-7-12)20(22)23/h2,4,6-10,15H,3,5,11H2,1H3,(H,17,21). The van der Waals surface area contributed by atoms with Crippen LogP contribution in [-0.4, -0.2) is 27.0 Å². The molecule has 1 aliphatic heterocycles. The Labute approximate surface area is 133 Å². The fraction of sp³-hybridized carbons (Fsp3) is 0.312. The second kappa shape index (κ2) is 6.12. The van der Waals surface area contributed by atoms with E-state index in [-0.39, 0.29) is 17.8 Å². The van der Waals surface area contributed by atoms with Crippen molar-refractivity contribution in [3.63, 3.8) is 0 Å². The van der Waals surface area contributed by atoms with Crippen molar-refractivity contribution < 1.29 is 9.72 Å². The van der Waals surface area contributed by atoms with E-state index in [0.29, 0.717) is 12.2 Å². The van der Waals surface area contributed by atoms with Crippen LogP contribution in [0, 0.1) is 10.1 Å². The van der Waals surface area contributed by atoms with Crippen LogP contribution >= 0.6 is 0 Å². The van der Waals surface area contributed by atoms with Crippen molar-refractivity contribution >= 4 is 17.4 Å². The molecule has 120 valence electrons. The number of carbonyl (C=O) groups excluding carboxylic acids is 1. The Hall–Kier alpha value is -2.83. The quantitative estimate of drug-likeness (QED) is 0.697. The summed E-state index contributed by atoms with van der Waals surface area (Å²) in [5.41, 5.74) is 1.67. The van der Waals surface area contributed by atoms with Crippen LogP contribution in [0.1, 0.15) is 24.6 Å². The van der Waals surface area contributed by atoms with E-state index in [9.17, 15) is 14.9 Å². The molecule has 7 nitrogen and oxygen atoms in total. The number of rotatable bonds is 3. The van der Waals surface area contributed by atoms with Crippen LogP contribution in [0.3, 0.4) is 0 Å². The first-order chi connectivity index (χ1) is 11.1. The fourth-order valence-corrected chi connectivity index (χ4v) is 3.00. The molecule has 2 aromatic rings. The van der Waals surface area contributed by atoms with E-state index < -0.39 is 4.92 Å². The van der Waals surface area contributed by atoms with Gasteiger partial charge in [0.15, 0.2) is 0 Å². The summed E-state index contributed by atoms with van der Waals surface area (Å²) in [5, 5.41) is 13.5. The number of nitrogens with zero attached hydrogens (tertiary/aromatic N) is 3. The SMILES string of the molecule is Cn1cccc1C1CCCN1C(=O)Nc1ccc([N+](=O)[O-])cc1. The lowest BCUT2D eigenvalue weighted by molar-refractivity contribution is -0.384. The second-order valence-corrected chi connectivity index (χ2v) is 5.63. The number of anilines is 1. The maximum absolute atomic E-state index is 12.5. The predicted octanol–water partition coefficient (Wildman–Crippen LogP) is 3.30. The molecule has 3 rings (SSSR count). The second-order valence-electron chi connectivity index (χ2n) is 5.63. The van der Waals surface area contributed by atoms with Crippen LogP contribution in [-0.2, 0) is 7.05 Å². The van der Waals surface area contributed by atoms with Crippen molar-refractivity contribution in [3.05, 3.63) is 58.4 Å². The zero-order valence-electron chi connectivity index (χ0n) is 12.8. The molecule has 2 heterocycles. The average molecular weight is 314 g/mol. The number of aromatic nitrogens is 1. The molecule has 1 aliphatic rings. The van der Waals surface area contributed by atoms with E-state index in [0.717, 1.165) is 18.5 Å². The van der Waals surface area contributed by atoms with Gasteiger partial charge in [-0.05, 0) is 37.1 Å². The highest BCUT2D eigenvalue weighted by atomic mass is 16.6. The number of urea groups is 1. The summed E-state index contributed by atoms with van der Waals surface area (Å²) in [6.07, 6.45) is 3.87. The van der Waals surface area contributed by atoms with Gasteiger partial charge in [0, 0.05) is 43.3 Å². The van der Waals surface area contributed by atoms with Crippen molar-refractivity contribution in [2.45, 2.75) is 18.9 Å². The fourth-order valence-electron chi connectivity index (χ4n) is 3.00. The minimum atomic E-state index is -0.461. The van der Waals surface area contributed by atoms with Crippen molar-refractivity contribution in [2.75, 3.05) is 11.9 Å². The van der Waals surface area contributed by atoms with Crippen LogP contribution in [0.2, 0.25) is 0 Å². The molecular weight excluding hydrogens is 296 g/mol. The number of likely N-dealkylation sites (tertiary alicyclic amines) is 1. The molecule has 2 amide bonds. The smallest absolute Gasteiger partial charge is 0.322 e. The summed E-state index contributed by atoms with van der Waals surface area (Å²) in [5.74, 6) is 0. The number of benzene rings is 1. The molecule has 1 aromatic carbocycles. The van der Waals surface area contributed by atoms with Gasteiger partial charge in [-0.2, -0.15) is 0 Å². The number of hydrogen-bond donors (Lipinski definition) is 1. The first kappa shape index (κ1) is 15.1. The number of nitro groups is 1. The monoisotopic (exact) mass is 314 g/mol. The summed E-state index contributed by atoms with van der Waals surface area (Å²) in [4.78, 5) is 24.5. The third-order valence-electron chi connectivity index (χ3n) is 4.17. The van der Waals surface area contributed by atoms with Gasteiger partial charge < -0.3 is 14.8 Å². The summed E-state index contributed by atoms with van der Waals surface area (Å²) >= 11 is 0. The summed E-state index contributed by atoms with van der Waals surface area (Å²) in [6.45, 7) is 0.703. The Balaban J connectivity index is 1.72. The Morgan fingerprint density at radius 1 is 1.30 bits per heavy atom. The van der Waals surface area contributed by atoms with E-state index in [1.54, 1.807) is 12.1 Å². The van der Waals surface area contributed by atoms with E-state index in [1.807, 2.05) is 34.8 Å². The lowest BCUT2D eigenvalue weighted by Gasteiger charge is -2.25. The molecule has 1 unspecified atom stereocenters. The molecular formula is C16H18N4O3. The van der Waals surface area contributed by atoms with Gasteiger partial charge in [-0.1, -0.05) is 0 Å². The van der Waals surface area contributed by atoms with Crippen LogP contribution in [0.5, 0.6) is 0 Å². The average Bonchev–Trinajstić information content (AvgIpc) is 3.15. The van der Waals surface area contributed by atoms with Crippen LogP contribution < -0.4 is 5.32 Å². The number of nitrogens with one attached hydrogen (secondary N) is 1. The van der Waals surface area contributed by atoms with Crippen LogP contribution in [0.15, 0.2) is 42.6 Å². The lowest BCUT2D eigenvalue weighted by Crippen LogP contribution is -2.35.